The Morgan fingerprint density at radius 3 is 2.41 bits per heavy atom. The van der Waals surface area contributed by atoms with E-state index >= 15 is 0 Å². The lowest BCUT2D eigenvalue weighted by molar-refractivity contribution is 0.212. The molecule has 1 aliphatic rings. The molecule has 2 N–H and O–H groups in total. The zero-order valence-electron chi connectivity index (χ0n) is 11.1. The molecular weight excluding hydrogens is 238 g/mol. The summed E-state index contributed by atoms with van der Waals surface area (Å²) < 4.78 is 28.0. The van der Waals surface area contributed by atoms with Gasteiger partial charge < -0.3 is 5.73 Å². The zero-order chi connectivity index (χ0) is 13.1. The van der Waals surface area contributed by atoms with Crippen LogP contribution in [-0.2, 0) is 10.2 Å². The topological polar surface area (TPSA) is 66.6 Å². The van der Waals surface area contributed by atoms with Gasteiger partial charge in [0.2, 0.25) is 0 Å². The smallest absolute Gasteiger partial charge is 0.282 e. The van der Waals surface area contributed by atoms with Crippen molar-refractivity contribution in [3.63, 3.8) is 0 Å². The third-order valence-electron chi connectivity index (χ3n) is 3.43. The number of piperidine rings is 1. The molecule has 1 rings (SSSR count). The van der Waals surface area contributed by atoms with Crippen molar-refractivity contribution >= 4 is 10.2 Å². The molecule has 17 heavy (non-hydrogen) atoms. The predicted molar refractivity (Wildman–Crippen MR) is 69.8 cm³/mol. The van der Waals surface area contributed by atoms with Gasteiger partial charge >= 0.3 is 0 Å². The molecule has 0 bridgehead atoms. The molecule has 5 nitrogen and oxygen atoms in total. The van der Waals surface area contributed by atoms with Crippen LogP contribution in [0.2, 0.25) is 0 Å². The van der Waals surface area contributed by atoms with Crippen molar-refractivity contribution in [1.82, 2.24) is 8.61 Å². The molecule has 6 heteroatoms. The molecule has 1 aliphatic heterocycles. The van der Waals surface area contributed by atoms with Crippen LogP contribution in [0.5, 0.6) is 0 Å². The molecule has 0 saturated carbocycles. The van der Waals surface area contributed by atoms with E-state index in [-0.39, 0.29) is 12.1 Å². The number of nitrogens with two attached hydrogens (primary N) is 1. The van der Waals surface area contributed by atoms with Crippen molar-refractivity contribution in [2.45, 2.75) is 52.1 Å². The summed E-state index contributed by atoms with van der Waals surface area (Å²) >= 11 is 0. The average molecular weight is 263 g/mol. The van der Waals surface area contributed by atoms with Gasteiger partial charge in [-0.15, -0.1) is 0 Å². The van der Waals surface area contributed by atoms with Crippen molar-refractivity contribution in [3.05, 3.63) is 0 Å². The van der Waals surface area contributed by atoms with Gasteiger partial charge in [-0.3, -0.25) is 0 Å². The highest BCUT2D eigenvalue weighted by molar-refractivity contribution is 7.86. The van der Waals surface area contributed by atoms with Crippen LogP contribution in [0.15, 0.2) is 0 Å². The molecule has 2 atom stereocenters. The van der Waals surface area contributed by atoms with Crippen LogP contribution in [-0.4, -0.2) is 48.7 Å². The molecule has 0 aromatic carbocycles. The van der Waals surface area contributed by atoms with Crippen LogP contribution in [0.3, 0.4) is 0 Å². The molecule has 0 spiro atoms. The van der Waals surface area contributed by atoms with E-state index < -0.39 is 10.2 Å². The zero-order valence-corrected chi connectivity index (χ0v) is 11.9. The lowest BCUT2D eigenvalue weighted by atomic mass is 10.00. The van der Waals surface area contributed by atoms with Crippen molar-refractivity contribution in [2.75, 3.05) is 19.6 Å². The third kappa shape index (κ3) is 3.19. The first-order valence-electron chi connectivity index (χ1n) is 6.47. The summed E-state index contributed by atoms with van der Waals surface area (Å²) in [6.45, 7) is 7.26. The number of rotatable bonds is 5. The van der Waals surface area contributed by atoms with Crippen molar-refractivity contribution in [3.8, 4) is 0 Å². The molecule has 0 amide bonds. The van der Waals surface area contributed by atoms with Gasteiger partial charge in [0.05, 0.1) is 0 Å². The SMILES string of the molecule is CCN(CC)S(=O)(=O)N1CCCCC1C(C)N. The van der Waals surface area contributed by atoms with E-state index in [0.29, 0.717) is 19.6 Å². The van der Waals surface area contributed by atoms with Crippen molar-refractivity contribution < 1.29 is 8.42 Å². The number of hydrogen-bond donors (Lipinski definition) is 1. The molecule has 0 aromatic rings. The van der Waals surface area contributed by atoms with Crippen LogP contribution in [0.4, 0.5) is 0 Å². The summed E-state index contributed by atoms with van der Waals surface area (Å²) in [6.07, 6.45) is 2.87. The van der Waals surface area contributed by atoms with E-state index in [0.717, 1.165) is 19.3 Å². The summed E-state index contributed by atoms with van der Waals surface area (Å²) in [5, 5.41) is 0. The quantitative estimate of drug-likeness (QED) is 0.797. The van der Waals surface area contributed by atoms with Gasteiger partial charge in [0, 0.05) is 31.7 Å². The standard InChI is InChI=1S/C11H25N3O2S/c1-4-13(5-2)17(15,16)14-9-7-6-8-11(14)10(3)12/h10-11H,4-9,12H2,1-3H3. The average Bonchev–Trinajstić information content (AvgIpc) is 2.30. The molecule has 0 aromatic heterocycles. The second kappa shape index (κ2) is 6.13. The Balaban J connectivity index is 2.94. The van der Waals surface area contributed by atoms with Crippen LogP contribution in [0.25, 0.3) is 0 Å². The van der Waals surface area contributed by atoms with E-state index in [1.54, 1.807) is 4.31 Å². The minimum absolute atomic E-state index is 0.0469. The number of nitrogens with zero attached hydrogens (tertiary/aromatic N) is 2. The fourth-order valence-corrected chi connectivity index (χ4v) is 4.39. The van der Waals surface area contributed by atoms with Crippen LogP contribution >= 0.6 is 0 Å². The molecule has 1 fully saturated rings. The maximum Gasteiger partial charge on any atom is 0.282 e. The van der Waals surface area contributed by atoms with Gasteiger partial charge in [-0.1, -0.05) is 20.3 Å². The van der Waals surface area contributed by atoms with Gasteiger partial charge in [-0.05, 0) is 19.8 Å². The van der Waals surface area contributed by atoms with Crippen LogP contribution < -0.4 is 5.73 Å². The minimum atomic E-state index is -3.33. The van der Waals surface area contributed by atoms with E-state index in [1.807, 2.05) is 20.8 Å². The summed E-state index contributed by atoms with van der Waals surface area (Å²) in [6, 6.07) is -0.157. The lowest BCUT2D eigenvalue weighted by Gasteiger charge is -2.39. The Morgan fingerprint density at radius 2 is 1.94 bits per heavy atom. The van der Waals surface area contributed by atoms with Crippen LogP contribution in [0.1, 0.15) is 40.0 Å². The van der Waals surface area contributed by atoms with E-state index in [9.17, 15) is 8.42 Å². The summed E-state index contributed by atoms with van der Waals surface area (Å²) in [4.78, 5) is 0. The first kappa shape index (κ1) is 14.9. The van der Waals surface area contributed by atoms with Crippen molar-refractivity contribution in [2.24, 2.45) is 5.73 Å². The van der Waals surface area contributed by atoms with Gasteiger partial charge in [0.15, 0.2) is 0 Å². The summed E-state index contributed by atoms with van der Waals surface area (Å²) in [5.41, 5.74) is 5.91. The Hall–Kier alpha value is -0.170. The van der Waals surface area contributed by atoms with E-state index in [1.165, 1.54) is 4.31 Å². The monoisotopic (exact) mass is 263 g/mol. The molecule has 1 saturated heterocycles. The van der Waals surface area contributed by atoms with Gasteiger partial charge in [-0.2, -0.15) is 17.0 Å². The lowest BCUT2D eigenvalue weighted by Crippen LogP contribution is -2.55. The fraction of sp³-hybridized carbons (Fsp3) is 1.00. The Kier molecular flexibility index (Phi) is 5.37. The molecule has 0 aliphatic carbocycles. The largest absolute Gasteiger partial charge is 0.326 e. The van der Waals surface area contributed by atoms with E-state index in [4.69, 9.17) is 5.73 Å². The Labute approximate surface area is 105 Å². The fourth-order valence-electron chi connectivity index (χ4n) is 2.44. The van der Waals surface area contributed by atoms with Gasteiger partial charge in [0.25, 0.3) is 10.2 Å². The minimum Gasteiger partial charge on any atom is -0.326 e. The van der Waals surface area contributed by atoms with Crippen molar-refractivity contribution in [1.29, 1.82) is 0 Å². The second-order valence-corrected chi connectivity index (χ2v) is 6.51. The molecule has 1 heterocycles. The second-order valence-electron chi connectivity index (χ2n) is 4.63. The van der Waals surface area contributed by atoms with Gasteiger partial charge in [0.1, 0.15) is 0 Å². The molecular formula is C11H25N3O2S. The van der Waals surface area contributed by atoms with E-state index in [2.05, 4.69) is 0 Å². The normalized spacial score (nSPS) is 25.1. The van der Waals surface area contributed by atoms with Crippen LogP contribution in [0, 0.1) is 0 Å². The highest BCUT2D eigenvalue weighted by Crippen LogP contribution is 2.24. The highest BCUT2D eigenvalue weighted by Gasteiger charge is 2.36. The molecule has 2 unspecified atom stereocenters. The predicted octanol–water partition coefficient (Wildman–Crippen LogP) is 0.775. The molecule has 102 valence electrons. The summed E-state index contributed by atoms with van der Waals surface area (Å²) in [7, 11) is -3.33. The third-order valence-corrected chi connectivity index (χ3v) is 5.65. The Morgan fingerprint density at radius 1 is 1.35 bits per heavy atom. The number of hydrogen-bond acceptors (Lipinski definition) is 3. The Bertz CT molecular complexity index is 326. The maximum absolute atomic E-state index is 12.5. The first-order valence-corrected chi connectivity index (χ1v) is 7.87. The maximum atomic E-state index is 12.5. The van der Waals surface area contributed by atoms with Gasteiger partial charge in [-0.25, -0.2) is 0 Å². The summed E-state index contributed by atoms with van der Waals surface area (Å²) in [5.74, 6) is 0. The highest BCUT2D eigenvalue weighted by atomic mass is 32.2. The molecule has 0 radical (unpaired) electrons. The first-order chi connectivity index (χ1) is 7.95.